The standard InChI is InChI=1S/C28H26F5N3O2/c29-22-18(23(30)25(32)26(33)24(22)31)13-21(38)36-28-20(10-6-14-4-2-1-3-5-14)34-27-17-9-8-16(37)12-15(17)7-11-19(27)35-28/h8-9,12,14,37H,1-7,10-11,13H2,(H,35,36,38). The van der Waals surface area contributed by atoms with Crippen LogP contribution in [0.25, 0.3) is 11.3 Å². The summed E-state index contributed by atoms with van der Waals surface area (Å²) in [6, 6.07) is 5.02. The van der Waals surface area contributed by atoms with E-state index in [4.69, 9.17) is 4.98 Å². The first kappa shape index (κ1) is 26.1. The molecule has 3 aromatic rings. The molecule has 0 aliphatic heterocycles. The molecule has 38 heavy (non-hydrogen) atoms. The first-order valence-corrected chi connectivity index (χ1v) is 12.7. The number of nitrogens with one attached hydrogen (secondary N) is 1. The second-order valence-electron chi connectivity index (χ2n) is 9.97. The third kappa shape index (κ3) is 5.08. The Morgan fingerprint density at radius 1 is 0.921 bits per heavy atom. The van der Waals surface area contributed by atoms with Gasteiger partial charge in [-0.25, -0.2) is 31.9 Å². The lowest BCUT2D eigenvalue weighted by atomic mass is 9.85. The zero-order valence-electron chi connectivity index (χ0n) is 20.5. The fraction of sp³-hybridized carbons (Fsp3) is 0.393. The van der Waals surface area contributed by atoms with Gasteiger partial charge in [0.1, 0.15) is 5.75 Å². The van der Waals surface area contributed by atoms with Gasteiger partial charge in [0.15, 0.2) is 29.1 Å². The number of hydrogen-bond donors (Lipinski definition) is 2. The molecule has 1 aromatic heterocycles. The summed E-state index contributed by atoms with van der Waals surface area (Å²) in [5, 5.41) is 12.4. The van der Waals surface area contributed by atoms with Crippen molar-refractivity contribution < 1.29 is 31.9 Å². The van der Waals surface area contributed by atoms with E-state index >= 15 is 0 Å². The number of anilines is 1. The maximum Gasteiger partial charge on any atom is 0.230 e. The SMILES string of the molecule is O=C(Cc1c(F)c(F)c(F)c(F)c1F)Nc1nc2c(nc1CCC1CCCCC1)-c1ccc(O)cc1CC2. The van der Waals surface area contributed by atoms with E-state index in [-0.39, 0.29) is 11.6 Å². The maximum atomic E-state index is 14.2. The normalized spacial score (nSPS) is 15.2. The van der Waals surface area contributed by atoms with Gasteiger partial charge in [0.2, 0.25) is 11.7 Å². The molecule has 2 aromatic carbocycles. The summed E-state index contributed by atoms with van der Waals surface area (Å²) in [6.45, 7) is 0. The Morgan fingerprint density at radius 3 is 2.32 bits per heavy atom. The number of aromatic hydroxyl groups is 1. The average molecular weight is 532 g/mol. The number of rotatable bonds is 6. The van der Waals surface area contributed by atoms with Gasteiger partial charge in [-0.15, -0.1) is 0 Å². The average Bonchev–Trinajstić information content (AvgIpc) is 2.92. The summed E-state index contributed by atoms with van der Waals surface area (Å²) in [7, 11) is 0. The van der Waals surface area contributed by atoms with Gasteiger partial charge in [0.25, 0.3) is 0 Å². The number of amides is 1. The number of phenolic OH excluding ortho intramolecular Hbond substituents is 1. The molecule has 5 rings (SSSR count). The van der Waals surface area contributed by atoms with Crippen LogP contribution in [-0.4, -0.2) is 21.0 Å². The van der Waals surface area contributed by atoms with Crippen LogP contribution in [0.4, 0.5) is 27.8 Å². The summed E-state index contributed by atoms with van der Waals surface area (Å²) in [5.74, 6) is -10.7. The van der Waals surface area contributed by atoms with E-state index in [1.54, 1.807) is 18.2 Å². The zero-order valence-corrected chi connectivity index (χ0v) is 20.5. The summed E-state index contributed by atoms with van der Waals surface area (Å²) in [5.41, 5.74) is 2.28. The molecule has 1 fully saturated rings. The van der Waals surface area contributed by atoms with Crippen LogP contribution in [0.2, 0.25) is 0 Å². The van der Waals surface area contributed by atoms with E-state index in [0.717, 1.165) is 43.2 Å². The Balaban J connectivity index is 1.46. The highest BCUT2D eigenvalue weighted by atomic mass is 19.2. The highest BCUT2D eigenvalue weighted by Gasteiger charge is 2.28. The van der Waals surface area contributed by atoms with Gasteiger partial charge in [-0.2, -0.15) is 0 Å². The van der Waals surface area contributed by atoms with Crippen LogP contribution in [0.3, 0.4) is 0 Å². The van der Waals surface area contributed by atoms with Gasteiger partial charge in [0.05, 0.1) is 23.5 Å². The molecule has 2 aliphatic carbocycles. The highest BCUT2D eigenvalue weighted by molar-refractivity contribution is 5.92. The summed E-state index contributed by atoms with van der Waals surface area (Å²) < 4.78 is 69.0. The molecule has 1 saturated carbocycles. The first-order valence-electron chi connectivity index (χ1n) is 12.7. The number of aryl methyl sites for hydroxylation is 3. The van der Waals surface area contributed by atoms with E-state index < -0.39 is 47.0 Å². The van der Waals surface area contributed by atoms with Gasteiger partial charge in [0, 0.05) is 11.1 Å². The number of carbonyl (C=O) groups excluding carboxylic acids is 1. The summed E-state index contributed by atoms with van der Waals surface area (Å²) in [6.07, 6.45) is 7.04. The zero-order chi connectivity index (χ0) is 27.0. The van der Waals surface area contributed by atoms with Crippen LogP contribution in [0.5, 0.6) is 5.75 Å². The molecule has 0 saturated heterocycles. The first-order chi connectivity index (χ1) is 18.2. The van der Waals surface area contributed by atoms with Crippen LogP contribution in [0.1, 0.15) is 61.0 Å². The predicted molar refractivity (Wildman–Crippen MR) is 130 cm³/mol. The van der Waals surface area contributed by atoms with Crippen molar-refractivity contribution in [1.82, 2.24) is 9.97 Å². The molecule has 2 N–H and O–H groups in total. The van der Waals surface area contributed by atoms with E-state index in [0.29, 0.717) is 42.3 Å². The van der Waals surface area contributed by atoms with Crippen LogP contribution in [0, 0.1) is 35.0 Å². The van der Waals surface area contributed by atoms with Crippen LogP contribution >= 0.6 is 0 Å². The van der Waals surface area contributed by atoms with Crippen molar-refractivity contribution in [3.05, 3.63) is 69.8 Å². The van der Waals surface area contributed by atoms with Crippen molar-refractivity contribution in [3.8, 4) is 17.0 Å². The Hall–Kier alpha value is -3.56. The van der Waals surface area contributed by atoms with Gasteiger partial charge < -0.3 is 10.4 Å². The van der Waals surface area contributed by atoms with Gasteiger partial charge >= 0.3 is 0 Å². The molecular weight excluding hydrogens is 505 g/mol. The second kappa shape index (κ2) is 10.7. The number of halogens is 5. The van der Waals surface area contributed by atoms with E-state index in [1.165, 1.54) is 6.42 Å². The monoisotopic (exact) mass is 531 g/mol. The number of fused-ring (bicyclic) bond motifs is 3. The molecule has 0 atom stereocenters. The van der Waals surface area contributed by atoms with Crippen molar-refractivity contribution in [2.75, 3.05) is 5.32 Å². The lowest BCUT2D eigenvalue weighted by molar-refractivity contribution is -0.115. The van der Waals surface area contributed by atoms with Crippen LogP contribution < -0.4 is 5.32 Å². The topological polar surface area (TPSA) is 75.1 Å². The molecule has 1 amide bonds. The molecule has 0 radical (unpaired) electrons. The molecule has 0 unspecified atom stereocenters. The minimum Gasteiger partial charge on any atom is -0.508 e. The minimum atomic E-state index is -2.27. The van der Waals surface area contributed by atoms with E-state index in [2.05, 4.69) is 10.3 Å². The number of hydrogen-bond acceptors (Lipinski definition) is 4. The van der Waals surface area contributed by atoms with Crippen molar-refractivity contribution in [2.45, 2.75) is 64.2 Å². The van der Waals surface area contributed by atoms with Gasteiger partial charge in [-0.1, -0.05) is 32.1 Å². The lowest BCUT2D eigenvalue weighted by Crippen LogP contribution is -2.22. The maximum absolute atomic E-state index is 14.2. The molecule has 5 nitrogen and oxygen atoms in total. The fourth-order valence-corrected chi connectivity index (χ4v) is 5.40. The second-order valence-corrected chi connectivity index (χ2v) is 9.97. The summed E-state index contributed by atoms with van der Waals surface area (Å²) >= 11 is 0. The number of aromatic nitrogens is 2. The molecule has 200 valence electrons. The highest BCUT2D eigenvalue weighted by Crippen LogP contribution is 2.36. The number of phenols is 1. The largest absolute Gasteiger partial charge is 0.508 e. The molecule has 0 spiro atoms. The van der Waals surface area contributed by atoms with Crippen LogP contribution in [0.15, 0.2) is 18.2 Å². The molecular formula is C28H26F5N3O2. The minimum absolute atomic E-state index is 0.121. The Labute approximate surface area is 216 Å². The summed E-state index contributed by atoms with van der Waals surface area (Å²) in [4.78, 5) is 22.2. The van der Waals surface area contributed by atoms with Crippen molar-refractivity contribution in [3.63, 3.8) is 0 Å². The van der Waals surface area contributed by atoms with E-state index in [9.17, 15) is 31.9 Å². The number of benzene rings is 2. The Morgan fingerprint density at radius 2 is 1.61 bits per heavy atom. The Kier molecular flexibility index (Phi) is 7.32. The third-order valence-electron chi connectivity index (χ3n) is 7.43. The molecule has 1 heterocycles. The van der Waals surface area contributed by atoms with E-state index in [1.807, 2.05) is 0 Å². The van der Waals surface area contributed by atoms with Gasteiger partial charge in [-0.3, -0.25) is 4.79 Å². The Bertz CT molecular complexity index is 1380. The van der Waals surface area contributed by atoms with Crippen molar-refractivity contribution in [1.29, 1.82) is 0 Å². The van der Waals surface area contributed by atoms with Crippen molar-refractivity contribution in [2.24, 2.45) is 5.92 Å². The molecule has 2 aliphatic rings. The molecule has 0 bridgehead atoms. The number of nitrogens with zero attached hydrogens (tertiary/aromatic N) is 2. The fourth-order valence-electron chi connectivity index (χ4n) is 5.40. The van der Waals surface area contributed by atoms with Crippen LogP contribution in [-0.2, 0) is 30.5 Å². The smallest absolute Gasteiger partial charge is 0.230 e. The third-order valence-corrected chi connectivity index (χ3v) is 7.43. The molecule has 10 heteroatoms. The quantitative estimate of drug-likeness (QED) is 0.221. The number of carbonyl (C=O) groups is 1. The lowest BCUT2D eigenvalue weighted by Gasteiger charge is -2.23. The predicted octanol–water partition coefficient (Wildman–Crippen LogP) is 6.34. The van der Waals surface area contributed by atoms with Gasteiger partial charge in [-0.05, 0) is 55.4 Å². The van der Waals surface area contributed by atoms with Crippen molar-refractivity contribution >= 4 is 11.7 Å².